The first-order valence-electron chi connectivity index (χ1n) is 6.07. The Labute approximate surface area is 84.1 Å². The van der Waals surface area contributed by atoms with E-state index >= 15 is 0 Å². The average molecular weight is 182 g/mol. The van der Waals surface area contributed by atoms with Gasteiger partial charge in [0.2, 0.25) is 0 Å². The summed E-state index contributed by atoms with van der Waals surface area (Å²) in [5, 5.41) is 0. The summed E-state index contributed by atoms with van der Waals surface area (Å²) >= 11 is 0. The van der Waals surface area contributed by atoms with E-state index in [1.54, 1.807) is 0 Å². The van der Waals surface area contributed by atoms with E-state index in [9.17, 15) is 0 Å². The largest absolute Gasteiger partial charge is 0.0654 e. The van der Waals surface area contributed by atoms with Crippen LogP contribution in [0.1, 0.15) is 60.3 Å². The molecule has 0 aromatic rings. The van der Waals surface area contributed by atoms with E-state index in [4.69, 9.17) is 0 Å². The number of unbranched alkanes of at least 4 members (excludes halogenated alkanes) is 1. The Kier molecular flexibility index (Phi) is 3.43. The van der Waals surface area contributed by atoms with Gasteiger partial charge in [0.15, 0.2) is 0 Å². The maximum atomic E-state index is 2.50. The molecule has 1 aliphatic rings. The summed E-state index contributed by atoms with van der Waals surface area (Å²) in [5.41, 5.74) is 0.700. The Bertz CT molecular complexity index is 161. The van der Waals surface area contributed by atoms with E-state index in [1.807, 2.05) is 0 Å². The van der Waals surface area contributed by atoms with Crippen molar-refractivity contribution in [2.45, 2.75) is 60.3 Å². The summed E-state index contributed by atoms with van der Waals surface area (Å²) in [5.74, 6) is 2.94. The van der Waals surface area contributed by atoms with E-state index < -0.39 is 0 Å². The molecule has 1 saturated carbocycles. The maximum Gasteiger partial charge on any atom is -0.0264 e. The molecule has 4 unspecified atom stereocenters. The third-order valence-electron chi connectivity index (χ3n) is 4.56. The standard InChI is InChI=1S/C13H26/c1-6-8-9-13(5)11(4)12(13)10(3)7-2/h10-12H,6-9H2,1-5H3. The third-order valence-corrected chi connectivity index (χ3v) is 4.56. The van der Waals surface area contributed by atoms with Crippen LogP contribution in [0.4, 0.5) is 0 Å². The molecular formula is C13H26. The molecule has 0 nitrogen and oxygen atoms in total. The topological polar surface area (TPSA) is 0 Å². The van der Waals surface area contributed by atoms with Crippen molar-refractivity contribution in [2.24, 2.45) is 23.2 Å². The number of hydrogen-bond donors (Lipinski definition) is 0. The van der Waals surface area contributed by atoms with Gasteiger partial charge in [-0.2, -0.15) is 0 Å². The highest BCUT2D eigenvalue weighted by Crippen LogP contribution is 2.64. The molecular weight excluding hydrogens is 156 g/mol. The predicted octanol–water partition coefficient (Wildman–Crippen LogP) is 4.49. The molecule has 13 heavy (non-hydrogen) atoms. The maximum absolute atomic E-state index is 2.50. The minimum atomic E-state index is 0.700. The van der Waals surface area contributed by atoms with Gasteiger partial charge in [-0.15, -0.1) is 0 Å². The zero-order chi connectivity index (χ0) is 10.1. The fourth-order valence-corrected chi connectivity index (χ4v) is 3.19. The first-order chi connectivity index (χ1) is 6.07. The van der Waals surface area contributed by atoms with Gasteiger partial charge >= 0.3 is 0 Å². The quantitative estimate of drug-likeness (QED) is 0.587. The lowest BCUT2D eigenvalue weighted by Gasteiger charge is -2.14. The van der Waals surface area contributed by atoms with Crippen molar-refractivity contribution >= 4 is 0 Å². The van der Waals surface area contributed by atoms with Crippen LogP contribution in [0.2, 0.25) is 0 Å². The van der Waals surface area contributed by atoms with Crippen molar-refractivity contribution < 1.29 is 0 Å². The van der Waals surface area contributed by atoms with Gasteiger partial charge in [-0.1, -0.05) is 53.9 Å². The summed E-state index contributed by atoms with van der Waals surface area (Å²) in [6.45, 7) is 12.0. The van der Waals surface area contributed by atoms with Gasteiger partial charge in [-0.05, 0) is 29.6 Å². The fraction of sp³-hybridized carbons (Fsp3) is 1.00. The molecule has 0 bridgehead atoms. The SMILES string of the molecule is CCCCC1(C)C(C)C1C(C)CC. The van der Waals surface area contributed by atoms with E-state index in [-0.39, 0.29) is 0 Å². The second-order valence-corrected chi connectivity index (χ2v) is 5.31. The molecule has 1 aliphatic carbocycles. The van der Waals surface area contributed by atoms with Gasteiger partial charge in [0.1, 0.15) is 0 Å². The highest BCUT2D eigenvalue weighted by atomic mass is 14.6. The van der Waals surface area contributed by atoms with Crippen LogP contribution in [0.25, 0.3) is 0 Å². The average Bonchev–Trinajstić information content (AvgIpc) is 2.66. The van der Waals surface area contributed by atoms with E-state index in [2.05, 4.69) is 34.6 Å². The third kappa shape index (κ3) is 1.92. The van der Waals surface area contributed by atoms with Gasteiger partial charge < -0.3 is 0 Å². The van der Waals surface area contributed by atoms with Gasteiger partial charge in [-0.25, -0.2) is 0 Å². The molecule has 0 amide bonds. The molecule has 0 radical (unpaired) electrons. The van der Waals surface area contributed by atoms with Crippen LogP contribution in [0.3, 0.4) is 0 Å². The van der Waals surface area contributed by atoms with E-state index in [1.165, 1.54) is 25.7 Å². The van der Waals surface area contributed by atoms with Gasteiger partial charge in [0.25, 0.3) is 0 Å². The fourth-order valence-electron chi connectivity index (χ4n) is 3.19. The van der Waals surface area contributed by atoms with Crippen molar-refractivity contribution in [3.05, 3.63) is 0 Å². The van der Waals surface area contributed by atoms with E-state index in [0.717, 1.165) is 17.8 Å². The second-order valence-electron chi connectivity index (χ2n) is 5.31. The lowest BCUT2D eigenvalue weighted by atomic mass is 9.91. The van der Waals surface area contributed by atoms with Crippen molar-refractivity contribution in [1.82, 2.24) is 0 Å². The Balaban J connectivity index is 2.44. The van der Waals surface area contributed by atoms with Crippen LogP contribution in [0.15, 0.2) is 0 Å². The molecule has 0 saturated heterocycles. The lowest BCUT2D eigenvalue weighted by Crippen LogP contribution is -2.04. The number of rotatable bonds is 5. The van der Waals surface area contributed by atoms with Crippen molar-refractivity contribution in [2.75, 3.05) is 0 Å². The monoisotopic (exact) mass is 182 g/mol. The lowest BCUT2D eigenvalue weighted by molar-refractivity contribution is 0.363. The zero-order valence-electron chi connectivity index (χ0n) is 10.1. The van der Waals surface area contributed by atoms with Crippen LogP contribution in [0, 0.1) is 23.2 Å². The molecule has 78 valence electrons. The van der Waals surface area contributed by atoms with Crippen molar-refractivity contribution in [1.29, 1.82) is 0 Å². The summed E-state index contributed by atoms with van der Waals surface area (Å²) in [7, 11) is 0. The predicted molar refractivity (Wildman–Crippen MR) is 59.7 cm³/mol. The molecule has 0 spiro atoms. The Hall–Kier alpha value is 0. The second kappa shape index (κ2) is 4.02. The minimum Gasteiger partial charge on any atom is -0.0654 e. The van der Waals surface area contributed by atoms with Gasteiger partial charge in [0.05, 0.1) is 0 Å². The summed E-state index contributed by atoms with van der Waals surface area (Å²) in [6.07, 6.45) is 5.60. The zero-order valence-corrected chi connectivity index (χ0v) is 10.1. The Morgan fingerprint density at radius 3 is 2.38 bits per heavy atom. The van der Waals surface area contributed by atoms with Gasteiger partial charge in [0, 0.05) is 0 Å². The number of hydrogen-bond acceptors (Lipinski definition) is 0. The highest BCUT2D eigenvalue weighted by Gasteiger charge is 2.58. The summed E-state index contributed by atoms with van der Waals surface area (Å²) in [4.78, 5) is 0. The Morgan fingerprint density at radius 1 is 1.31 bits per heavy atom. The smallest absolute Gasteiger partial charge is 0.0264 e. The van der Waals surface area contributed by atoms with Crippen LogP contribution in [0.5, 0.6) is 0 Å². The van der Waals surface area contributed by atoms with Gasteiger partial charge in [-0.3, -0.25) is 0 Å². The van der Waals surface area contributed by atoms with Crippen molar-refractivity contribution in [3.63, 3.8) is 0 Å². The van der Waals surface area contributed by atoms with Crippen LogP contribution >= 0.6 is 0 Å². The molecule has 0 N–H and O–H groups in total. The van der Waals surface area contributed by atoms with Crippen molar-refractivity contribution in [3.8, 4) is 0 Å². The molecule has 0 aromatic carbocycles. The molecule has 1 fully saturated rings. The molecule has 0 heteroatoms. The van der Waals surface area contributed by atoms with E-state index in [0.29, 0.717) is 5.41 Å². The molecule has 1 rings (SSSR count). The summed E-state index contributed by atoms with van der Waals surface area (Å²) in [6, 6.07) is 0. The molecule has 0 aliphatic heterocycles. The first-order valence-corrected chi connectivity index (χ1v) is 6.07. The summed E-state index contributed by atoms with van der Waals surface area (Å²) < 4.78 is 0. The van der Waals surface area contributed by atoms with Crippen LogP contribution < -0.4 is 0 Å². The highest BCUT2D eigenvalue weighted by molar-refractivity contribution is 5.06. The minimum absolute atomic E-state index is 0.700. The van der Waals surface area contributed by atoms with Crippen LogP contribution in [-0.4, -0.2) is 0 Å². The Morgan fingerprint density at radius 2 is 1.92 bits per heavy atom. The van der Waals surface area contributed by atoms with Crippen LogP contribution in [-0.2, 0) is 0 Å². The molecule has 4 atom stereocenters. The first kappa shape index (κ1) is 11.1. The molecule has 0 heterocycles. The normalized spacial score (nSPS) is 40.4. The molecule has 0 aromatic heterocycles.